The van der Waals surface area contributed by atoms with E-state index in [4.69, 9.17) is 10.5 Å². The predicted molar refractivity (Wildman–Crippen MR) is 527 cm³/mol. The van der Waals surface area contributed by atoms with Gasteiger partial charge in [0.2, 0.25) is 47.0 Å². The second-order valence-electron chi connectivity index (χ2n) is 56.7. The van der Waals surface area contributed by atoms with Crippen molar-refractivity contribution in [1.82, 2.24) is 28.7 Å². The molecule has 36 bridgehead atoms. The summed E-state index contributed by atoms with van der Waals surface area (Å²) in [5, 5.41) is 0. The first-order chi connectivity index (χ1) is 67.6. The molecular weight excluding hydrogens is 1990 g/mol. The van der Waals surface area contributed by atoms with Crippen LogP contribution in [0.25, 0.3) is 0 Å². The van der Waals surface area contributed by atoms with Crippen molar-refractivity contribution < 1.29 is 97.2 Å². The number of Topliss-reactive ketones (excluding diaryl/α,β-unsaturated/α-hetero) is 8. The van der Waals surface area contributed by atoms with Crippen LogP contribution in [0.2, 0.25) is 0 Å². The lowest BCUT2D eigenvalue weighted by Crippen LogP contribution is -3.00. The molecule has 4 heterocycles. The number of nitrogens with zero attached hydrogens (tertiary/aromatic N) is 8. The summed E-state index contributed by atoms with van der Waals surface area (Å²) < 4.78 is 68.4. The molecule has 37 saturated carbocycles. The Morgan fingerprint density at radius 3 is 0.538 bits per heavy atom. The summed E-state index contributed by atoms with van der Waals surface area (Å²) in [6.45, 7) is 3.66. The molecule has 145 heavy (non-hydrogen) atoms. The zero-order valence-electron chi connectivity index (χ0n) is 84.2. The molecule has 2 aromatic heterocycles. The normalized spacial score (nSPS) is 47.4. The van der Waals surface area contributed by atoms with Crippen LogP contribution in [0.1, 0.15) is 379 Å². The van der Waals surface area contributed by atoms with Crippen molar-refractivity contribution in [2.45, 2.75) is 397 Å². The van der Waals surface area contributed by atoms with Gasteiger partial charge in [0.25, 0.3) is 46.3 Å². The minimum absolute atomic E-state index is 0. The number of ketones is 10. The number of hydrogen-bond acceptors (Lipinski definition) is 16. The third-order valence-electron chi connectivity index (χ3n) is 47.4. The van der Waals surface area contributed by atoms with Gasteiger partial charge in [-0.25, -0.2) is 18.3 Å². The second kappa shape index (κ2) is 35.2. The Bertz CT molecular complexity index is 4820. The van der Waals surface area contributed by atoms with Crippen molar-refractivity contribution >= 4 is 114 Å². The van der Waals surface area contributed by atoms with Crippen LogP contribution in [0.15, 0.2) is 35.4 Å². The summed E-state index contributed by atoms with van der Waals surface area (Å²) in [5.41, 5.74) is 14.1. The first kappa shape index (κ1) is 101. The Kier molecular flexibility index (Phi) is 24.5. The van der Waals surface area contributed by atoms with E-state index in [1.165, 1.54) is 347 Å². The first-order valence-electron chi connectivity index (χ1n) is 56.9. The van der Waals surface area contributed by atoms with Crippen molar-refractivity contribution in [3.8, 4) is 0 Å². The summed E-state index contributed by atoms with van der Waals surface area (Å²) in [6.07, 6.45) is 77.1. The maximum absolute atomic E-state index is 16.4. The highest BCUT2D eigenvalue weighted by atomic mass is 79.9. The number of aromatic nitrogens is 4. The fourth-order valence-electron chi connectivity index (χ4n) is 47.0. The molecule has 41 aliphatic rings. The van der Waals surface area contributed by atoms with E-state index in [1.807, 2.05) is 6.79 Å². The van der Waals surface area contributed by atoms with Gasteiger partial charge < -0.3 is 39.5 Å². The Hall–Kier alpha value is -6.04. The number of rotatable bonds is 8. The SMILES string of the molecule is Br.Br.C=O.FB(F)F.FB(F)F.NC12CC3CC(CC(C3)C1)C2.O=C1C(=O)C(=O)C(=O)C(=O)C1=O.O=C1C2=C(C(=O)C3=C1N(C14CC5CC(CC(C5)C1)C4)CN3C13CC4CC(CC(C4)C1)C3)N(C13CC4CC(CC(C4)C1)C3)CN2C12CC3CC(CC(C3)C1)C2.O=C1c2c([n+](C34CC5CC(CC(C5)C3)C4)cn2C23CC4CC(CC(C4)C2)C3)C(=O)c2c1n(C13CC4CC(CC(C4)C1)C3)c[n+]2C12CC3CC(CC(C3)C1)C2.[F-].[F-]. The minimum atomic E-state index is -3.67. The van der Waals surface area contributed by atoms with Crippen LogP contribution in [0.5, 0.6) is 0 Å². The Labute approximate surface area is 867 Å². The lowest BCUT2D eigenvalue weighted by Gasteiger charge is -2.63. The van der Waals surface area contributed by atoms with Crippen LogP contribution in [-0.4, -0.2) is 149 Å². The maximum Gasteiger partial charge on any atom is 0.762 e. The standard InChI is InChI=1S/C48H64N4O2.C48H62N4O2.C10H17N.C6O6.CH2O.2BF3.2BrH.2FH/c2*53-43-39-40(50(46-16-30-4-31(17-46)6-32(5-30)18-46)25-49(39)45-13-27-1-28(14-45)3-29(2-27)15-45)44(54)42-41(43)51(47-19-33-7-34(20-47)9-35(8-33)21-47)26-52(42)48-22-36-10-37(23-48)12-38(11-36)24-48;11-10-4-7-1-8(5-10)3-9(2-7)6-10;7-1-2(8)4(10)6(12)5(11)3(1)9;1-2;2*2-1(3)4;;;;/h27-38H,1-26H2;25-38H,1-24H2;7-9H,1-6,11H2;;1H2;;;4*1H/q;+2;;;;;;;;;/p-2. The topological polar surface area (TPSA) is 244 Å². The van der Waals surface area contributed by atoms with Crippen molar-refractivity contribution in [2.75, 3.05) is 13.3 Å². The summed E-state index contributed by atoms with van der Waals surface area (Å²) in [7, 11) is -7.33. The molecule has 20 nitrogen and oxygen atoms in total. The van der Waals surface area contributed by atoms with Gasteiger partial charge in [-0.1, -0.05) is 0 Å². The van der Waals surface area contributed by atoms with Gasteiger partial charge >= 0.3 is 15.1 Å². The van der Waals surface area contributed by atoms with Crippen molar-refractivity contribution in [1.29, 1.82) is 0 Å². The Morgan fingerprint density at radius 2 is 0.379 bits per heavy atom. The van der Waals surface area contributed by atoms with Crippen LogP contribution in [0.4, 0.5) is 25.9 Å². The Balaban J connectivity index is 0.000000116. The zero-order chi connectivity index (χ0) is 96.3. The van der Waals surface area contributed by atoms with Gasteiger partial charge in [0.05, 0.1) is 13.3 Å². The second-order valence-corrected chi connectivity index (χ2v) is 56.7. The van der Waals surface area contributed by atoms with Gasteiger partial charge in [0.15, 0.2) is 0 Å². The minimum Gasteiger partial charge on any atom is -1.00 e. The van der Waals surface area contributed by atoms with Crippen LogP contribution in [0.3, 0.4) is 0 Å². The van der Waals surface area contributed by atoms with Gasteiger partial charge in [0, 0.05) is 27.7 Å². The van der Waals surface area contributed by atoms with Gasteiger partial charge in [-0.2, -0.15) is 0 Å². The molecule has 2 aliphatic heterocycles. The molecule has 0 aromatic carbocycles. The molecule has 0 unspecified atom stereocenters. The molecule has 39 aliphatic carbocycles. The molecule has 43 rings (SSSR count). The number of fused-ring (bicyclic) bond motifs is 2. The smallest absolute Gasteiger partial charge is 0.762 e. The van der Waals surface area contributed by atoms with Crippen molar-refractivity contribution in [3.05, 3.63) is 58.2 Å². The van der Waals surface area contributed by atoms with E-state index in [1.54, 1.807) is 0 Å². The molecule has 2 aromatic rings. The average Bonchev–Trinajstić information content (AvgIpc) is 1.51. The van der Waals surface area contributed by atoms with E-state index in [2.05, 4.69) is 50.5 Å². The van der Waals surface area contributed by atoms with Gasteiger partial charge in [-0.15, -0.1) is 34.0 Å². The zero-order valence-corrected chi connectivity index (χ0v) is 87.6. The van der Waals surface area contributed by atoms with Crippen molar-refractivity contribution in [3.63, 3.8) is 0 Å². The lowest BCUT2D eigenvalue weighted by molar-refractivity contribution is -0.783. The molecule has 0 saturated heterocycles. The molecular formula is C113H147B2Br2F8N9O11. The summed E-state index contributed by atoms with van der Waals surface area (Å²) in [5.74, 6) is 13.1. The highest BCUT2D eigenvalue weighted by Gasteiger charge is 2.73. The summed E-state index contributed by atoms with van der Waals surface area (Å²) in [4.78, 5) is 147. The molecule has 37 fully saturated rings. The number of hydrogen-bond donors (Lipinski definition) is 1. The van der Waals surface area contributed by atoms with Gasteiger partial charge in [-0.05, 0) is 507 Å². The van der Waals surface area contributed by atoms with E-state index in [-0.39, 0.29) is 99.2 Å². The van der Waals surface area contributed by atoms with E-state index in [0.717, 1.165) is 219 Å². The number of nitrogens with two attached hydrogens (primary N) is 1. The van der Waals surface area contributed by atoms with E-state index in [9.17, 15) is 54.7 Å². The molecule has 786 valence electrons. The third-order valence-corrected chi connectivity index (χ3v) is 47.4. The van der Waals surface area contributed by atoms with E-state index in [0.29, 0.717) is 17.1 Å². The summed E-state index contributed by atoms with van der Waals surface area (Å²) >= 11 is 0. The average molecular weight is 2140 g/mol. The van der Waals surface area contributed by atoms with Crippen LogP contribution < -0.4 is 24.3 Å². The lowest BCUT2D eigenvalue weighted by atomic mass is 9.52. The van der Waals surface area contributed by atoms with E-state index >= 15 is 19.2 Å². The quantitative estimate of drug-likeness (QED) is 0.0724. The number of carbonyl (C=O) groups excluding carboxylic acids is 11. The van der Waals surface area contributed by atoms with Crippen LogP contribution in [0, 0.1) is 160 Å². The highest BCUT2D eigenvalue weighted by molar-refractivity contribution is 8.93. The van der Waals surface area contributed by atoms with E-state index < -0.39 is 49.8 Å². The Morgan fingerprint density at radius 1 is 0.234 bits per heavy atom. The summed E-state index contributed by atoms with van der Waals surface area (Å²) in [6, 6.07) is 0. The monoisotopic (exact) mass is 2140 g/mol. The first-order valence-corrected chi connectivity index (χ1v) is 56.9. The fraction of sp³-hybridized carbons (Fsp3) is 0.814. The van der Waals surface area contributed by atoms with Crippen LogP contribution >= 0.6 is 34.0 Å². The number of carbonyl (C=O) groups is 11. The van der Waals surface area contributed by atoms with Crippen molar-refractivity contribution in [2.24, 2.45) is 166 Å². The molecule has 32 heteroatoms. The molecule has 0 spiro atoms. The van der Waals surface area contributed by atoms with Gasteiger partial charge in [-0.3, -0.25) is 73.8 Å². The molecule has 2 N–H and O–H groups in total. The highest BCUT2D eigenvalue weighted by Crippen LogP contribution is 2.71. The predicted octanol–water partition coefficient (Wildman–Crippen LogP) is 13.0. The molecule has 0 amide bonds. The third kappa shape index (κ3) is 15.6. The largest absolute Gasteiger partial charge is 1.00 e. The van der Waals surface area contributed by atoms with Gasteiger partial charge in [0.1, 0.15) is 51.7 Å². The maximum atomic E-state index is 16.4. The number of halogens is 10. The molecule has 0 radical (unpaired) electrons. The fourth-order valence-corrected chi connectivity index (χ4v) is 47.0. The molecule has 0 atom stereocenters. The number of imidazole rings is 2. The van der Waals surface area contributed by atoms with Crippen LogP contribution in [-0.2, 0) is 65.3 Å².